The number of hydrogen-bond donors (Lipinski definition) is 0. The van der Waals surface area contributed by atoms with Gasteiger partial charge in [-0.05, 0) is 38.3 Å². The highest BCUT2D eigenvalue weighted by Crippen LogP contribution is 2.32. The number of rotatable bonds is 3. The van der Waals surface area contributed by atoms with E-state index in [9.17, 15) is 4.79 Å². The van der Waals surface area contributed by atoms with Gasteiger partial charge in [0.2, 0.25) is 0 Å². The minimum absolute atomic E-state index is 0.0705. The minimum Gasteiger partial charge on any atom is -0.365 e. The van der Waals surface area contributed by atoms with E-state index in [2.05, 4.69) is 4.98 Å². The highest BCUT2D eigenvalue weighted by molar-refractivity contribution is 5.85. The molecule has 1 amide bonds. The fourth-order valence-electron chi connectivity index (χ4n) is 3.87. The van der Waals surface area contributed by atoms with Crippen LogP contribution in [0.15, 0.2) is 24.5 Å². The molecule has 0 bridgehead atoms. The maximum Gasteiger partial charge on any atom is 0.254 e. The van der Waals surface area contributed by atoms with E-state index in [-0.39, 0.29) is 5.91 Å². The Bertz CT molecular complexity index is 847. The lowest BCUT2D eigenvalue weighted by atomic mass is 9.98. The van der Waals surface area contributed by atoms with Crippen LogP contribution in [0, 0.1) is 0 Å². The summed E-state index contributed by atoms with van der Waals surface area (Å²) in [5, 5.41) is 0. The molecule has 2 aromatic heterocycles. The molecule has 0 aliphatic carbocycles. The predicted octanol–water partition coefficient (Wildman–Crippen LogP) is 2.06. The molecule has 2 aromatic rings. The van der Waals surface area contributed by atoms with Gasteiger partial charge in [-0.15, -0.1) is 0 Å². The highest BCUT2D eigenvalue weighted by atomic mass is 16.5. The molecule has 1 atom stereocenters. The maximum atomic E-state index is 13.0. The first-order valence-corrected chi connectivity index (χ1v) is 9.39. The summed E-state index contributed by atoms with van der Waals surface area (Å²) in [6.07, 6.45) is 5.94. The molecule has 4 rings (SSSR count). The molecule has 0 aromatic carbocycles. The number of amides is 1. The Labute approximate surface area is 159 Å². The number of hydrogen-bond acceptors (Lipinski definition) is 6. The molecule has 0 unspecified atom stereocenters. The van der Waals surface area contributed by atoms with Crippen molar-refractivity contribution in [3.8, 4) is 11.4 Å². The van der Waals surface area contributed by atoms with Crippen molar-refractivity contribution in [1.82, 2.24) is 19.9 Å². The van der Waals surface area contributed by atoms with Crippen molar-refractivity contribution < 1.29 is 9.53 Å². The van der Waals surface area contributed by atoms with Gasteiger partial charge in [0.05, 0.1) is 12.2 Å². The van der Waals surface area contributed by atoms with E-state index in [1.54, 1.807) is 12.4 Å². The number of anilines is 1. The number of pyridine rings is 1. The quantitative estimate of drug-likeness (QED) is 0.827. The summed E-state index contributed by atoms with van der Waals surface area (Å²) in [6, 6.07) is 3.81. The van der Waals surface area contributed by atoms with Gasteiger partial charge in [-0.2, -0.15) is 0 Å². The molecule has 2 aliphatic rings. The lowest BCUT2D eigenvalue weighted by molar-refractivity contribution is -0.152. The second kappa shape index (κ2) is 6.88. The smallest absolute Gasteiger partial charge is 0.254 e. The summed E-state index contributed by atoms with van der Waals surface area (Å²) in [5.74, 6) is 1.65. The van der Waals surface area contributed by atoms with Gasteiger partial charge in [-0.1, -0.05) is 0 Å². The minimum atomic E-state index is -0.692. The molecule has 4 heterocycles. The van der Waals surface area contributed by atoms with Gasteiger partial charge in [0.25, 0.3) is 5.91 Å². The number of fused-ring (bicyclic) bond motifs is 1. The lowest BCUT2D eigenvalue weighted by Crippen LogP contribution is -2.48. The number of aromatic nitrogens is 3. The highest BCUT2D eigenvalue weighted by Gasteiger charge is 2.41. The van der Waals surface area contributed by atoms with Gasteiger partial charge in [-0.3, -0.25) is 9.78 Å². The first-order chi connectivity index (χ1) is 13.0. The Kier molecular flexibility index (Phi) is 4.55. The van der Waals surface area contributed by atoms with Crippen molar-refractivity contribution in [3.05, 3.63) is 35.8 Å². The summed E-state index contributed by atoms with van der Waals surface area (Å²) >= 11 is 0. The number of ether oxygens (including phenoxy) is 1. The second-order valence-corrected chi connectivity index (χ2v) is 7.59. The molecule has 1 saturated heterocycles. The van der Waals surface area contributed by atoms with Crippen LogP contribution in [0.4, 0.5) is 5.82 Å². The van der Waals surface area contributed by atoms with E-state index in [0.717, 1.165) is 41.9 Å². The zero-order chi connectivity index (χ0) is 19.0. The van der Waals surface area contributed by atoms with Crippen LogP contribution < -0.4 is 4.90 Å². The van der Waals surface area contributed by atoms with Gasteiger partial charge in [0.15, 0.2) is 5.82 Å². The zero-order valence-electron chi connectivity index (χ0n) is 16.1. The van der Waals surface area contributed by atoms with Crippen molar-refractivity contribution in [2.45, 2.75) is 38.3 Å². The van der Waals surface area contributed by atoms with E-state index in [4.69, 9.17) is 14.7 Å². The van der Waals surface area contributed by atoms with Gasteiger partial charge in [0.1, 0.15) is 11.4 Å². The molecule has 0 saturated carbocycles. The van der Waals surface area contributed by atoms with Gasteiger partial charge < -0.3 is 14.5 Å². The summed E-state index contributed by atoms with van der Waals surface area (Å²) < 4.78 is 5.76. The molecule has 27 heavy (non-hydrogen) atoms. The normalized spacial score (nSPS) is 21.8. The third-order valence-corrected chi connectivity index (χ3v) is 5.36. The van der Waals surface area contributed by atoms with E-state index in [0.29, 0.717) is 25.5 Å². The third-order valence-electron chi connectivity index (χ3n) is 5.36. The van der Waals surface area contributed by atoms with Gasteiger partial charge >= 0.3 is 0 Å². The SMILES string of the molecule is CN(C)c1nc(-c2ccncc2)nc2c1CCN(C(=O)[C@@]1(C)CCCO1)C2. The molecular formula is C20H25N5O2. The molecule has 7 heteroatoms. The monoisotopic (exact) mass is 367 g/mol. The molecule has 142 valence electrons. The van der Waals surface area contributed by atoms with E-state index >= 15 is 0 Å². The molecule has 0 spiro atoms. The summed E-state index contributed by atoms with van der Waals surface area (Å²) in [6.45, 7) is 3.73. The van der Waals surface area contributed by atoms with Crippen molar-refractivity contribution in [3.63, 3.8) is 0 Å². The molecule has 0 radical (unpaired) electrons. The zero-order valence-corrected chi connectivity index (χ0v) is 16.1. The second-order valence-electron chi connectivity index (χ2n) is 7.59. The summed E-state index contributed by atoms with van der Waals surface area (Å²) in [5.41, 5.74) is 2.27. The van der Waals surface area contributed by atoms with Crippen molar-refractivity contribution in [2.24, 2.45) is 0 Å². The van der Waals surface area contributed by atoms with Crippen LogP contribution in [0.2, 0.25) is 0 Å². The average Bonchev–Trinajstić information content (AvgIpc) is 3.14. The topological polar surface area (TPSA) is 71.5 Å². The van der Waals surface area contributed by atoms with E-state index < -0.39 is 5.60 Å². The molecule has 7 nitrogen and oxygen atoms in total. The number of carbonyl (C=O) groups is 1. The van der Waals surface area contributed by atoms with Crippen LogP contribution in [-0.4, -0.2) is 58.6 Å². The van der Waals surface area contributed by atoms with E-state index in [1.165, 1.54) is 0 Å². The predicted molar refractivity (Wildman–Crippen MR) is 102 cm³/mol. The Morgan fingerprint density at radius 2 is 2.04 bits per heavy atom. The van der Waals surface area contributed by atoms with Crippen LogP contribution in [0.5, 0.6) is 0 Å². The Hall–Kier alpha value is -2.54. The first kappa shape index (κ1) is 17.9. The van der Waals surface area contributed by atoms with E-state index in [1.807, 2.05) is 43.0 Å². The first-order valence-electron chi connectivity index (χ1n) is 9.39. The summed E-state index contributed by atoms with van der Waals surface area (Å²) in [7, 11) is 3.98. The Morgan fingerprint density at radius 3 is 2.70 bits per heavy atom. The fourth-order valence-corrected chi connectivity index (χ4v) is 3.87. The molecule has 0 N–H and O–H groups in total. The van der Waals surface area contributed by atoms with Gasteiger partial charge in [0, 0.05) is 50.8 Å². The molecule has 2 aliphatic heterocycles. The van der Waals surface area contributed by atoms with Crippen LogP contribution in [0.1, 0.15) is 31.0 Å². The molecular weight excluding hydrogens is 342 g/mol. The van der Waals surface area contributed by atoms with Crippen LogP contribution in [0.3, 0.4) is 0 Å². The van der Waals surface area contributed by atoms with Crippen molar-refractivity contribution in [1.29, 1.82) is 0 Å². The van der Waals surface area contributed by atoms with Crippen LogP contribution >= 0.6 is 0 Å². The standard InChI is InChI=1S/C20H25N5O2/c1-20(8-4-12-27-20)19(26)25-11-7-15-16(13-25)22-17(23-18(15)24(2)3)14-5-9-21-10-6-14/h5-6,9-10H,4,7-8,11-13H2,1-3H3/t20-/m1/s1. The third kappa shape index (κ3) is 3.27. The van der Waals surface area contributed by atoms with Gasteiger partial charge in [-0.25, -0.2) is 9.97 Å². The number of carbonyl (C=O) groups excluding carboxylic acids is 1. The van der Waals surface area contributed by atoms with Crippen molar-refractivity contribution in [2.75, 3.05) is 32.1 Å². The van der Waals surface area contributed by atoms with Crippen LogP contribution in [0.25, 0.3) is 11.4 Å². The lowest BCUT2D eigenvalue weighted by Gasteiger charge is -2.35. The summed E-state index contributed by atoms with van der Waals surface area (Å²) in [4.78, 5) is 30.6. The Morgan fingerprint density at radius 1 is 1.26 bits per heavy atom. The maximum absolute atomic E-state index is 13.0. The van der Waals surface area contributed by atoms with Crippen LogP contribution in [-0.2, 0) is 22.5 Å². The largest absolute Gasteiger partial charge is 0.365 e. The average molecular weight is 367 g/mol. The number of nitrogens with zero attached hydrogens (tertiary/aromatic N) is 5. The Balaban J connectivity index is 1.69. The molecule has 1 fully saturated rings. The fraction of sp³-hybridized carbons (Fsp3) is 0.500. The van der Waals surface area contributed by atoms with Crippen molar-refractivity contribution >= 4 is 11.7 Å².